The Morgan fingerprint density at radius 1 is 1.37 bits per heavy atom. The third-order valence-corrected chi connectivity index (χ3v) is 3.49. The Bertz CT molecular complexity index is 458. The van der Waals surface area contributed by atoms with Crippen LogP contribution in [-0.4, -0.2) is 38.8 Å². The smallest absolute Gasteiger partial charge is 0.123 e. The summed E-state index contributed by atoms with van der Waals surface area (Å²) < 4.78 is 10.7. The van der Waals surface area contributed by atoms with Gasteiger partial charge in [-0.25, -0.2) is 0 Å². The molecule has 1 aliphatic rings. The van der Waals surface area contributed by atoms with Crippen molar-refractivity contribution < 1.29 is 9.47 Å². The maximum absolute atomic E-state index is 9.47. The quantitative estimate of drug-likeness (QED) is 0.814. The Labute approximate surface area is 114 Å². The molecule has 4 nitrogen and oxygen atoms in total. The molecule has 1 atom stereocenters. The highest BCUT2D eigenvalue weighted by Gasteiger charge is 2.48. The summed E-state index contributed by atoms with van der Waals surface area (Å²) in [6.07, 6.45) is 0. The lowest BCUT2D eigenvalue weighted by atomic mass is 9.76. The summed E-state index contributed by atoms with van der Waals surface area (Å²) in [7, 11) is 4.00. The van der Waals surface area contributed by atoms with E-state index in [0.29, 0.717) is 19.8 Å². The van der Waals surface area contributed by atoms with E-state index < -0.39 is 5.41 Å². The van der Waals surface area contributed by atoms with E-state index in [0.717, 1.165) is 11.3 Å². The minimum absolute atomic E-state index is 0.0435. The predicted molar refractivity (Wildman–Crippen MR) is 72.9 cm³/mol. The standard InChI is InChI=1S/C15H20N2O2/c1-4-19-13-7-5-12(6-8-13)14(17(2)3)15(9-16)10-18-11-15/h5-8,14H,4,10-11H2,1-3H3. The van der Waals surface area contributed by atoms with Crippen molar-refractivity contribution in [2.75, 3.05) is 33.9 Å². The van der Waals surface area contributed by atoms with Crippen LogP contribution in [0.5, 0.6) is 5.75 Å². The fourth-order valence-electron chi connectivity index (χ4n) is 2.63. The van der Waals surface area contributed by atoms with E-state index in [2.05, 4.69) is 11.0 Å². The lowest BCUT2D eigenvalue weighted by Crippen LogP contribution is -2.50. The van der Waals surface area contributed by atoms with Crippen LogP contribution in [0.4, 0.5) is 0 Å². The maximum Gasteiger partial charge on any atom is 0.123 e. The van der Waals surface area contributed by atoms with Crippen molar-refractivity contribution in [1.29, 1.82) is 5.26 Å². The topological polar surface area (TPSA) is 45.5 Å². The van der Waals surface area contributed by atoms with Crippen molar-refractivity contribution >= 4 is 0 Å². The van der Waals surface area contributed by atoms with Crippen LogP contribution >= 0.6 is 0 Å². The van der Waals surface area contributed by atoms with Crippen LogP contribution in [-0.2, 0) is 4.74 Å². The fourth-order valence-corrected chi connectivity index (χ4v) is 2.63. The second-order valence-electron chi connectivity index (χ2n) is 5.13. The number of rotatable bonds is 5. The number of benzene rings is 1. The molecule has 1 saturated heterocycles. The summed E-state index contributed by atoms with van der Waals surface area (Å²) in [6, 6.07) is 10.5. The zero-order chi connectivity index (χ0) is 13.9. The van der Waals surface area contributed by atoms with Crippen molar-refractivity contribution in [2.24, 2.45) is 5.41 Å². The number of nitriles is 1. The Kier molecular flexibility index (Phi) is 4.08. The van der Waals surface area contributed by atoms with Gasteiger partial charge >= 0.3 is 0 Å². The molecular formula is C15H20N2O2. The Hall–Kier alpha value is -1.57. The second-order valence-corrected chi connectivity index (χ2v) is 5.13. The summed E-state index contributed by atoms with van der Waals surface area (Å²) in [5.41, 5.74) is 0.690. The Morgan fingerprint density at radius 2 is 2.00 bits per heavy atom. The molecule has 1 fully saturated rings. The molecule has 1 aliphatic heterocycles. The third-order valence-electron chi connectivity index (χ3n) is 3.49. The van der Waals surface area contributed by atoms with Crippen LogP contribution in [0, 0.1) is 16.7 Å². The van der Waals surface area contributed by atoms with E-state index in [1.165, 1.54) is 0 Å². The molecule has 0 spiro atoms. The number of ether oxygens (including phenoxy) is 2. The average Bonchev–Trinajstić information content (AvgIpc) is 2.35. The van der Waals surface area contributed by atoms with Gasteiger partial charge in [-0.15, -0.1) is 0 Å². The first-order valence-electron chi connectivity index (χ1n) is 6.51. The molecule has 2 rings (SSSR count). The van der Waals surface area contributed by atoms with Gasteiger partial charge in [-0.05, 0) is 38.7 Å². The molecule has 1 heterocycles. The van der Waals surface area contributed by atoms with E-state index in [9.17, 15) is 5.26 Å². The largest absolute Gasteiger partial charge is 0.494 e. The van der Waals surface area contributed by atoms with Crippen molar-refractivity contribution in [3.05, 3.63) is 29.8 Å². The van der Waals surface area contributed by atoms with Gasteiger partial charge < -0.3 is 14.4 Å². The summed E-state index contributed by atoms with van der Waals surface area (Å²) in [4.78, 5) is 2.08. The Balaban J connectivity index is 2.27. The van der Waals surface area contributed by atoms with Gasteiger partial charge in [0.15, 0.2) is 0 Å². The van der Waals surface area contributed by atoms with Crippen molar-refractivity contribution in [1.82, 2.24) is 4.90 Å². The molecule has 0 amide bonds. The molecule has 4 heteroatoms. The number of nitrogens with zero attached hydrogens (tertiary/aromatic N) is 2. The zero-order valence-electron chi connectivity index (χ0n) is 11.7. The molecule has 19 heavy (non-hydrogen) atoms. The fraction of sp³-hybridized carbons (Fsp3) is 0.533. The van der Waals surface area contributed by atoms with Crippen molar-refractivity contribution in [2.45, 2.75) is 13.0 Å². The van der Waals surface area contributed by atoms with Crippen molar-refractivity contribution in [3.8, 4) is 11.8 Å². The van der Waals surface area contributed by atoms with Crippen LogP contribution in [0.2, 0.25) is 0 Å². The van der Waals surface area contributed by atoms with Gasteiger partial charge in [0.2, 0.25) is 0 Å². The Morgan fingerprint density at radius 3 is 2.37 bits per heavy atom. The molecule has 0 bridgehead atoms. The summed E-state index contributed by atoms with van der Waals surface area (Å²) in [5, 5.41) is 9.47. The van der Waals surface area contributed by atoms with E-state index in [1.807, 2.05) is 45.3 Å². The second kappa shape index (κ2) is 5.60. The summed E-state index contributed by atoms with van der Waals surface area (Å²) >= 11 is 0. The summed E-state index contributed by atoms with van der Waals surface area (Å²) in [5.74, 6) is 0.861. The van der Waals surface area contributed by atoms with E-state index in [1.54, 1.807) is 0 Å². The molecule has 0 aliphatic carbocycles. The van der Waals surface area contributed by atoms with Gasteiger partial charge in [0.1, 0.15) is 11.2 Å². The monoisotopic (exact) mass is 260 g/mol. The first kappa shape index (κ1) is 13.9. The number of hydrogen-bond acceptors (Lipinski definition) is 4. The molecule has 1 aromatic carbocycles. The molecule has 0 saturated carbocycles. The first-order valence-corrected chi connectivity index (χ1v) is 6.51. The molecule has 0 radical (unpaired) electrons. The molecule has 0 N–H and O–H groups in total. The van der Waals surface area contributed by atoms with Crippen LogP contribution in [0.1, 0.15) is 18.5 Å². The van der Waals surface area contributed by atoms with Crippen molar-refractivity contribution in [3.63, 3.8) is 0 Å². The van der Waals surface area contributed by atoms with Gasteiger partial charge in [0, 0.05) is 0 Å². The van der Waals surface area contributed by atoms with E-state index in [4.69, 9.17) is 9.47 Å². The van der Waals surface area contributed by atoms with Crippen LogP contribution in [0.3, 0.4) is 0 Å². The average molecular weight is 260 g/mol. The highest BCUT2D eigenvalue weighted by atomic mass is 16.5. The van der Waals surface area contributed by atoms with Crippen LogP contribution < -0.4 is 4.74 Å². The maximum atomic E-state index is 9.47. The highest BCUT2D eigenvalue weighted by Crippen LogP contribution is 2.43. The van der Waals surface area contributed by atoms with Gasteiger partial charge in [-0.1, -0.05) is 12.1 Å². The first-order chi connectivity index (χ1) is 9.13. The molecule has 0 aromatic heterocycles. The molecule has 102 valence electrons. The van der Waals surface area contributed by atoms with Gasteiger partial charge in [0.05, 0.1) is 31.9 Å². The predicted octanol–water partition coefficient (Wildman–Crippen LogP) is 2.23. The number of hydrogen-bond donors (Lipinski definition) is 0. The van der Waals surface area contributed by atoms with Crippen LogP contribution in [0.15, 0.2) is 24.3 Å². The lowest BCUT2D eigenvalue weighted by molar-refractivity contribution is -0.115. The molecule has 1 aromatic rings. The van der Waals surface area contributed by atoms with Crippen LogP contribution in [0.25, 0.3) is 0 Å². The minimum Gasteiger partial charge on any atom is -0.494 e. The molecule has 1 unspecified atom stereocenters. The highest BCUT2D eigenvalue weighted by molar-refractivity contribution is 5.32. The summed E-state index contributed by atoms with van der Waals surface area (Å²) in [6.45, 7) is 3.62. The normalized spacial score (nSPS) is 18.5. The minimum atomic E-state index is -0.434. The zero-order valence-corrected chi connectivity index (χ0v) is 11.7. The van der Waals surface area contributed by atoms with Gasteiger partial charge in [0.25, 0.3) is 0 Å². The SMILES string of the molecule is CCOc1ccc(C(N(C)C)C2(C#N)COC2)cc1. The molecular weight excluding hydrogens is 240 g/mol. The van der Waals surface area contributed by atoms with Gasteiger partial charge in [-0.2, -0.15) is 5.26 Å². The third kappa shape index (κ3) is 2.58. The van der Waals surface area contributed by atoms with Gasteiger partial charge in [-0.3, -0.25) is 0 Å². The lowest BCUT2D eigenvalue weighted by Gasteiger charge is -2.44. The van der Waals surface area contributed by atoms with E-state index in [-0.39, 0.29) is 6.04 Å². The van der Waals surface area contributed by atoms with E-state index >= 15 is 0 Å².